The van der Waals surface area contributed by atoms with E-state index in [1.807, 2.05) is 50.1 Å². The molecule has 0 amide bonds. The van der Waals surface area contributed by atoms with Gasteiger partial charge in [-0.1, -0.05) is 0 Å². The third kappa shape index (κ3) is 2.84. The second-order valence-electron chi connectivity index (χ2n) is 4.01. The van der Waals surface area contributed by atoms with E-state index >= 15 is 0 Å². The van der Waals surface area contributed by atoms with Crippen molar-refractivity contribution in [1.29, 1.82) is 0 Å². The molecule has 0 fully saturated rings. The number of rotatable bonds is 2. The molecule has 2 heterocycles. The van der Waals surface area contributed by atoms with Crippen LogP contribution < -0.4 is 15.5 Å². The van der Waals surface area contributed by atoms with Gasteiger partial charge in [-0.25, -0.2) is 15.0 Å². The second-order valence-corrected chi connectivity index (χ2v) is 4.01. The van der Waals surface area contributed by atoms with Crippen molar-refractivity contribution in [3.8, 4) is 0 Å². The molecule has 2 rings (SSSR count). The molecule has 0 saturated heterocycles. The van der Waals surface area contributed by atoms with Crippen LogP contribution in [0.5, 0.6) is 0 Å². The van der Waals surface area contributed by atoms with Crippen molar-refractivity contribution >= 4 is 22.8 Å². The SMILES string of the molecule is CN.CN(C)c1nc2cccnc2nc1N(C)C. The van der Waals surface area contributed by atoms with E-state index in [1.54, 1.807) is 6.20 Å². The number of pyridine rings is 1. The molecule has 0 aliphatic rings. The maximum Gasteiger partial charge on any atom is 0.180 e. The summed E-state index contributed by atoms with van der Waals surface area (Å²) in [6, 6.07) is 3.79. The molecule has 0 spiro atoms. The summed E-state index contributed by atoms with van der Waals surface area (Å²) in [5.41, 5.74) is 5.99. The van der Waals surface area contributed by atoms with Crippen LogP contribution in [0.25, 0.3) is 11.2 Å². The molecule has 0 bridgehead atoms. The molecule has 0 aromatic carbocycles. The number of nitrogens with two attached hydrogens (primary N) is 1. The summed E-state index contributed by atoms with van der Waals surface area (Å²) in [5, 5.41) is 0. The highest BCUT2D eigenvalue weighted by Gasteiger charge is 2.12. The molecule has 0 radical (unpaired) electrons. The molecule has 2 N–H and O–H groups in total. The predicted molar refractivity (Wildman–Crippen MR) is 76.1 cm³/mol. The number of aromatic nitrogens is 3. The monoisotopic (exact) mass is 248 g/mol. The van der Waals surface area contributed by atoms with Gasteiger partial charge in [0.15, 0.2) is 17.3 Å². The minimum absolute atomic E-state index is 0.678. The van der Waals surface area contributed by atoms with E-state index in [0.717, 1.165) is 17.2 Å². The van der Waals surface area contributed by atoms with Gasteiger partial charge in [-0.3, -0.25) is 0 Å². The Balaban J connectivity index is 0.000000771. The van der Waals surface area contributed by atoms with Gasteiger partial charge in [0, 0.05) is 34.4 Å². The van der Waals surface area contributed by atoms with E-state index < -0.39 is 0 Å². The first-order valence-corrected chi connectivity index (χ1v) is 5.64. The highest BCUT2D eigenvalue weighted by atomic mass is 15.2. The Morgan fingerprint density at radius 3 is 2.06 bits per heavy atom. The predicted octanol–water partition coefficient (Wildman–Crippen LogP) is 0.732. The summed E-state index contributed by atoms with van der Waals surface area (Å²) in [7, 11) is 9.32. The van der Waals surface area contributed by atoms with E-state index in [-0.39, 0.29) is 0 Å². The van der Waals surface area contributed by atoms with Gasteiger partial charge in [0.25, 0.3) is 0 Å². The van der Waals surface area contributed by atoms with Crippen molar-refractivity contribution in [2.45, 2.75) is 0 Å². The zero-order valence-electron chi connectivity index (χ0n) is 11.5. The van der Waals surface area contributed by atoms with Crippen LogP contribution in [0.2, 0.25) is 0 Å². The van der Waals surface area contributed by atoms with Crippen molar-refractivity contribution in [1.82, 2.24) is 15.0 Å². The topological polar surface area (TPSA) is 71.2 Å². The second kappa shape index (κ2) is 6.11. The lowest BCUT2D eigenvalue weighted by molar-refractivity contribution is 1.00. The first-order chi connectivity index (χ1) is 8.59. The van der Waals surface area contributed by atoms with E-state index in [4.69, 9.17) is 0 Å². The van der Waals surface area contributed by atoms with Gasteiger partial charge in [0.1, 0.15) is 5.52 Å². The summed E-state index contributed by atoms with van der Waals surface area (Å²) in [6.45, 7) is 0. The quantitative estimate of drug-likeness (QED) is 0.845. The lowest BCUT2D eigenvalue weighted by Gasteiger charge is -2.20. The number of nitrogens with zero attached hydrogens (tertiary/aromatic N) is 5. The summed E-state index contributed by atoms with van der Waals surface area (Å²) in [6.07, 6.45) is 1.73. The highest BCUT2D eigenvalue weighted by Crippen LogP contribution is 2.23. The Morgan fingerprint density at radius 2 is 1.50 bits per heavy atom. The van der Waals surface area contributed by atoms with Crippen LogP contribution in [0.4, 0.5) is 11.6 Å². The average Bonchev–Trinajstić information content (AvgIpc) is 2.39. The Hall–Kier alpha value is -1.95. The zero-order valence-corrected chi connectivity index (χ0v) is 11.5. The van der Waals surface area contributed by atoms with Gasteiger partial charge in [-0.15, -0.1) is 0 Å². The summed E-state index contributed by atoms with van der Waals surface area (Å²) in [4.78, 5) is 17.2. The molecule has 0 aliphatic heterocycles. The fourth-order valence-corrected chi connectivity index (χ4v) is 1.48. The molecule has 2 aromatic rings. The molecule has 6 heteroatoms. The molecule has 0 aliphatic carbocycles. The van der Waals surface area contributed by atoms with E-state index in [0.29, 0.717) is 5.65 Å². The molecule has 98 valence electrons. The smallest absolute Gasteiger partial charge is 0.180 e. The van der Waals surface area contributed by atoms with Gasteiger partial charge >= 0.3 is 0 Å². The van der Waals surface area contributed by atoms with E-state index in [9.17, 15) is 0 Å². The Labute approximate surface area is 107 Å². The molecule has 18 heavy (non-hydrogen) atoms. The third-order valence-electron chi connectivity index (χ3n) is 2.25. The standard InChI is InChI=1S/C11H15N5.CH5N/c1-15(2)10-11(16(3)4)14-9-8(13-10)6-5-7-12-9;1-2/h5-7H,1-4H3;2H2,1H3. The van der Waals surface area contributed by atoms with E-state index in [1.165, 1.54) is 7.05 Å². The molecule has 0 unspecified atom stereocenters. The lowest BCUT2D eigenvalue weighted by atomic mass is 10.4. The Bertz CT molecular complexity index is 462. The minimum atomic E-state index is 0.678. The molecule has 0 atom stereocenters. The maximum atomic E-state index is 4.56. The average molecular weight is 248 g/mol. The van der Waals surface area contributed by atoms with Gasteiger partial charge in [-0.05, 0) is 19.2 Å². The van der Waals surface area contributed by atoms with Crippen LogP contribution in [0.1, 0.15) is 0 Å². The fourth-order valence-electron chi connectivity index (χ4n) is 1.48. The van der Waals surface area contributed by atoms with Crippen LogP contribution in [0.15, 0.2) is 18.3 Å². The Morgan fingerprint density at radius 1 is 0.944 bits per heavy atom. The number of fused-ring (bicyclic) bond motifs is 1. The van der Waals surface area contributed by atoms with Crippen LogP contribution >= 0.6 is 0 Å². The van der Waals surface area contributed by atoms with Gasteiger partial charge in [-0.2, -0.15) is 0 Å². The third-order valence-corrected chi connectivity index (χ3v) is 2.25. The van der Waals surface area contributed by atoms with Gasteiger partial charge in [0.2, 0.25) is 0 Å². The minimum Gasteiger partial charge on any atom is -0.360 e. The summed E-state index contributed by atoms with van der Waals surface area (Å²) in [5.74, 6) is 1.68. The van der Waals surface area contributed by atoms with Crippen molar-refractivity contribution in [3.63, 3.8) is 0 Å². The summed E-state index contributed by atoms with van der Waals surface area (Å²) < 4.78 is 0. The molecular formula is C12H20N6. The molecular weight excluding hydrogens is 228 g/mol. The van der Waals surface area contributed by atoms with Crippen LogP contribution in [0.3, 0.4) is 0 Å². The normalized spacial score (nSPS) is 9.67. The van der Waals surface area contributed by atoms with Crippen LogP contribution in [0, 0.1) is 0 Å². The number of hydrogen-bond acceptors (Lipinski definition) is 6. The molecule has 0 saturated carbocycles. The van der Waals surface area contributed by atoms with Crippen molar-refractivity contribution in [2.75, 3.05) is 45.0 Å². The van der Waals surface area contributed by atoms with Gasteiger partial charge < -0.3 is 15.5 Å². The van der Waals surface area contributed by atoms with Crippen molar-refractivity contribution < 1.29 is 0 Å². The van der Waals surface area contributed by atoms with Crippen LogP contribution in [-0.2, 0) is 0 Å². The first-order valence-electron chi connectivity index (χ1n) is 5.64. The molecule has 6 nitrogen and oxygen atoms in total. The lowest BCUT2D eigenvalue weighted by Crippen LogP contribution is -2.19. The van der Waals surface area contributed by atoms with Gasteiger partial charge in [0.05, 0.1) is 0 Å². The highest BCUT2D eigenvalue weighted by molar-refractivity contribution is 5.77. The van der Waals surface area contributed by atoms with Crippen LogP contribution in [-0.4, -0.2) is 50.2 Å². The van der Waals surface area contributed by atoms with Crippen molar-refractivity contribution in [3.05, 3.63) is 18.3 Å². The fraction of sp³-hybridized carbons (Fsp3) is 0.417. The number of anilines is 2. The zero-order chi connectivity index (χ0) is 13.7. The summed E-state index contributed by atoms with van der Waals surface area (Å²) >= 11 is 0. The largest absolute Gasteiger partial charge is 0.360 e. The first kappa shape index (κ1) is 14.1. The molecule has 2 aromatic heterocycles. The van der Waals surface area contributed by atoms with Crippen molar-refractivity contribution in [2.24, 2.45) is 5.73 Å². The number of hydrogen-bond donors (Lipinski definition) is 1. The van der Waals surface area contributed by atoms with E-state index in [2.05, 4.69) is 20.7 Å². The maximum absolute atomic E-state index is 4.56. The Kier molecular flexibility index (Phi) is 4.79.